The van der Waals surface area contributed by atoms with Crippen molar-refractivity contribution in [1.82, 2.24) is 9.78 Å². The molecule has 2 nitrogen and oxygen atoms in total. The molecule has 0 spiro atoms. The van der Waals surface area contributed by atoms with Gasteiger partial charge in [-0.15, -0.1) is 11.3 Å². The Balaban J connectivity index is 2.09. The summed E-state index contributed by atoms with van der Waals surface area (Å²) in [6, 6.07) is 12.2. The van der Waals surface area contributed by atoms with E-state index in [-0.39, 0.29) is 0 Å². The summed E-state index contributed by atoms with van der Waals surface area (Å²) in [5.41, 5.74) is 3.06. The molecule has 0 unspecified atom stereocenters. The number of hydrogen-bond donors (Lipinski definition) is 0. The van der Waals surface area contributed by atoms with Crippen LogP contribution in [0.15, 0.2) is 59.0 Å². The molecule has 3 aromatic rings. The summed E-state index contributed by atoms with van der Waals surface area (Å²) in [6.07, 6.45) is 3.85. The van der Waals surface area contributed by atoms with Crippen molar-refractivity contribution in [3.8, 4) is 16.3 Å². The Morgan fingerprint density at radius 3 is 2.63 bits per heavy atom. The Bertz CT molecular complexity index is 696. The molecular formula is C15H11BrN2S. The standard InChI is InChI=1S/C15H11BrN2S/c1-2-11-10-18(13-7-5-12(16)6-8-13)17-15(11)14-4-3-9-19-14/h2-10H,1H2. The summed E-state index contributed by atoms with van der Waals surface area (Å²) in [5, 5.41) is 6.72. The highest BCUT2D eigenvalue weighted by atomic mass is 79.9. The summed E-state index contributed by atoms with van der Waals surface area (Å²) >= 11 is 5.12. The van der Waals surface area contributed by atoms with Crippen LogP contribution in [0.5, 0.6) is 0 Å². The van der Waals surface area contributed by atoms with E-state index in [9.17, 15) is 0 Å². The van der Waals surface area contributed by atoms with Crippen LogP contribution in [0.3, 0.4) is 0 Å². The van der Waals surface area contributed by atoms with Gasteiger partial charge in [0.15, 0.2) is 0 Å². The average molecular weight is 331 g/mol. The van der Waals surface area contributed by atoms with Crippen LogP contribution >= 0.6 is 27.3 Å². The number of halogens is 1. The molecule has 0 N–H and O–H groups in total. The lowest BCUT2D eigenvalue weighted by molar-refractivity contribution is 0.885. The van der Waals surface area contributed by atoms with Crippen LogP contribution in [-0.2, 0) is 0 Å². The zero-order chi connectivity index (χ0) is 13.2. The fourth-order valence-electron chi connectivity index (χ4n) is 1.87. The first-order valence-corrected chi connectivity index (χ1v) is 7.47. The molecule has 0 amide bonds. The molecule has 2 heterocycles. The second-order valence-corrected chi connectivity index (χ2v) is 5.90. The van der Waals surface area contributed by atoms with Crippen molar-refractivity contribution in [3.63, 3.8) is 0 Å². The Labute approximate surface area is 124 Å². The smallest absolute Gasteiger partial charge is 0.110 e. The topological polar surface area (TPSA) is 17.8 Å². The first kappa shape index (κ1) is 12.4. The van der Waals surface area contributed by atoms with E-state index in [1.807, 2.05) is 47.3 Å². The van der Waals surface area contributed by atoms with Gasteiger partial charge in [0.05, 0.1) is 10.6 Å². The van der Waals surface area contributed by atoms with Gasteiger partial charge in [0.1, 0.15) is 5.69 Å². The molecule has 0 aliphatic rings. The lowest BCUT2D eigenvalue weighted by atomic mass is 10.2. The third-order valence-corrected chi connectivity index (χ3v) is 4.21. The van der Waals surface area contributed by atoms with E-state index in [0.717, 1.165) is 26.3 Å². The third-order valence-electron chi connectivity index (χ3n) is 2.81. The molecule has 94 valence electrons. The molecule has 0 saturated heterocycles. The molecule has 0 atom stereocenters. The predicted molar refractivity (Wildman–Crippen MR) is 84.7 cm³/mol. The number of thiophene rings is 1. The number of benzene rings is 1. The number of hydrogen-bond acceptors (Lipinski definition) is 2. The summed E-state index contributed by atoms with van der Waals surface area (Å²) in [7, 11) is 0. The van der Waals surface area contributed by atoms with Gasteiger partial charge in [-0.25, -0.2) is 4.68 Å². The minimum absolute atomic E-state index is 0.980. The first-order chi connectivity index (χ1) is 9.28. The zero-order valence-corrected chi connectivity index (χ0v) is 12.5. The van der Waals surface area contributed by atoms with Crippen LogP contribution in [0.1, 0.15) is 5.56 Å². The molecule has 3 rings (SSSR count). The normalized spacial score (nSPS) is 10.6. The fraction of sp³-hybridized carbons (Fsp3) is 0. The molecule has 4 heteroatoms. The van der Waals surface area contributed by atoms with E-state index >= 15 is 0 Å². The maximum absolute atomic E-state index is 4.66. The SMILES string of the molecule is C=Cc1cn(-c2ccc(Br)cc2)nc1-c1cccs1. The first-order valence-electron chi connectivity index (χ1n) is 5.80. The van der Waals surface area contributed by atoms with Gasteiger partial charge in [-0.3, -0.25) is 0 Å². The lowest BCUT2D eigenvalue weighted by Gasteiger charge is -2.00. The Morgan fingerprint density at radius 1 is 1.21 bits per heavy atom. The van der Waals surface area contributed by atoms with E-state index in [1.54, 1.807) is 11.3 Å². The van der Waals surface area contributed by atoms with Crippen molar-refractivity contribution < 1.29 is 0 Å². The quantitative estimate of drug-likeness (QED) is 0.660. The van der Waals surface area contributed by atoms with Gasteiger partial charge in [-0.2, -0.15) is 5.10 Å². The summed E-state index contributed by atoms with van der Waals surface area (Å²) < 4.78 is 2.95. The van der Waals surface area contributed by atoms with Gasteiger partial charge < -0.3 is 0 Å². The highest BCUT2D eigenvalue weighted by Crippen LogP contribution is 2.28. The van der Waals surface area contributed by atoms with Crippen LogP contribution in [0.2, 0.25) is 0 Å². The zero-order valence-electron chi connectivity index (χ0n) is 10.1. The molecule has 2 aromatic heterocycles. The largest absolute Gasteiger partial charge is 0.240 e. The van der Waals surface area contributed by atoms with E-state index in [2.05, 4.69) is 39.1 Å². The second kappa shape index (κ2) is 5.15. The number of rotatable bonds is 3. The van der Waals surface area contributed by atoms with Gasteiger partial charge in [-0.05, 0) is 35.7 Å². The molecule has 0 aliphatic carbocycles. The third kappa shape index (κ3) is 2.41. The van der Waals surface area contributed by atoms with Crippen LogP contribution in [0.4, 0.5) is 0 Å². The molecule has 0 radical (unpaired) electrons. The molecule has 19 heavy (non-hydrogen) atoms. The van der Waals surface area contributed by atoms with Crippen molar-refractivity contribution in [1.29, 1.82) is 0 Å². The monoisotopic (exact) mass is 330 g/mol. The van der Waals surface area contributed by atoms with E-state index in [4.69, 9.17) is 0 Å². The fourth-order valence-corrected chi connectivity index (χ4v) is 2.86. The summed E-state index contributed by atoms with van der Waals surface area (Å²) in [4.78, 5) is 1.16. The van der Waals surface area contributed by atoms with Crippen molar-refractivity contribution in [2.45, 2.75) is 0 Å². The van der Waals surface area contributed by atoms with E-state index in [1.165, 1.54) is 0 Å². The van der Waals surface area contributed by atoms with Crippen molar-refractivity contribution in [2.24, 2.45) is 0 Å². The minimum Gasteiger partial charge on any atom is -0.240 e. The number of nitrogens with zero attached hydrogens (tertiary/aromatic N) is 2. The van der Waals surface area contributed by atoms with Crippen LogP contribution in [0.25, 0.3) is 22.3 Å². The summed E-state index contributed by atoms with van der Waals surface area (Å²) in [6.45, 7) is 3.87. The lowest BCUT2D eigenvalue weighted by Crippen LogP contribution is -1.93. The van der Waals surface area contributed by atoms with Gasteiger partial charge in [0.2, 0.25) is 0 Å². The molecule has 0 fully saturated rings. The highest BCUT2D eigenvalue weighted by Gasteiger charge is 2.10. The van der Waals surface area contributed by atoms with Crippen molar-refractivity contribution in [2.75, 3.05) is 0 Å². The summed E-state index contributed by atoms with van der Waals surface area (Å²) in [5.74, 6) is 0. The van der Waals surface area contributed by atoms with E-state index in [0.29, 0.717) is 0 Å². The maximum atomic E-state index is 4.66. The number of aromatic nitrogens is 2. The van der Waals surface area contributed by atoms with E-state index < -0.39 is 0 Å². The minimum atomic E-state index is 0.980. The van der Waals surface area contributed by atoms with Crippen molar-refractivity contribution >= 4 is 33.3 Å². The van der Waals surface area contributed by atoms with Gasteiger partial charge >= 0.3 is 0 Å². The Kier molecular flexibility index (Phi) is 3.36. The maximum Gasteiger partial charge on any atom is 0.110 e. The van der Waals surface area contributed by atoms with Gasteiger partial charge in [0, 0.05) is 16.2 Å². The molecule has 0 aliphatic heterocycles. The van der Waals surface area contributed by atoms with Crippen LogP contribution in [0, 0.1) is 0 Å². The Morgan fingerprint density at radius 2 is 2.00 bits per heavy atom. The predicted octanol–water partition coefficient (Wildman–Crippen LogP) is 5.01. The Hall–Kier alpha value is -1.65. The average Bonchev–Trinajstić information content (AvgIpc) is 3.08. The second-order valence-electron chi connectivity index (χ2n) is 4.04. The van der Waals surface area contributed by atoms with Gasteiger partial charge in [-0.1, -0.05) is 34.7 Å². The van der Waals surface area contributed by atoms with Crippen LogP contribution < -0.4 is 0 Å². The highest BCUT2D eigenvalue weighted by molar-refractivity contribution is 9.10. The molecule has 0 saturated carbocycles. The van der Waals surface area contributed by atoms with Gasteiger partial charge in [0.25, 0.3) is 0 Å². The molecule has 0 bridgehead atoms. The van der Waals surface area contributed by atoms with Crippen LogP contribution in [-0.4, -0.2) is 9.78 Å². The molecular weight excluding hydrogens is 320 g/mol. The molecule has 1 aromatic carbocycles. The van der Waals surface area contributed by atoms with Crippen molar-refractivity contribution in [3.05, 3.63) is 64.6 Å².